The highest BCUT2D eigenvalue weighted by molar-refractivity contribution is 5.80. The molecule has 0 radical (unpaired) electrons. The number of nitrogens with zero attached hydrogens (tertiary/aromatic N) is 4. The van der Waals surface area contributed by atoms with Gasteiger partial charge in [0.25, 0.3) is 0 Å². The first-order valence-corrected chi connectivity index (χ1v) is 11.1. The van der Waals surface area contributed by atoms with Crippen LogP contribution in [-0.4, -0.2) is 52.9 Å². The molecule has 29 heavy (non-hydrogen) atoms. The van der Waals surface area contributed by atoms with Crippen LogP contribution in [0.1, 0.15) is 57.7 Å². The zero-order valence-electron chi connectivity index (χ0n) is 17.7. The fourth-order valence-electron chi connectivity index (χ4n) is 5.14. The molecule has 2 N–H and O–H groups in total. The van der Waals surface area contributed by atoms with E-state index in [1.807, 2.05) is 31.4 Å². The Morgan fingerprint density at radius 3 is 2.93 bits per heavy atom. The maximum Gasteiger partial charge on any atom is 0.191 e. The van der Waals surface area contributed by atoms with E-state index in [9.17, 15) is 0 Å². The molecule has 2 saturated carbocycles. The van der Waals surface area contributed by atoms with Crippen molar-refractivity contribution in [1.29, 1.82) is 0 Å². The van der Waals surface area contributed by atoms with Crippen LogP contribution in [0, 0.1) is 5.41 Å². The lowest BCUT2D eigenvalue weighted by Gasteiger charge is -2.57. The lowest BCUT2D eigenvalue weighted by molar-refractivity contribution is -0.145. The zero-order chi connectivity index (χ0) is 20.1. The van der Waals surface area contributed by atoms with Crippen molar-refractivity contribution >= 4 is 11.6 Å². The highest BCUT2D eigenvalue weighted by Gasteiger charge is 2.55. The summed E-state index contributed by atoms with van der Waals surface area (Å²) >= 11 is 0. The Morgan fingerprint density at radius 2 is 2.14 bits per heavy atom. The van der Waals surface area contributed by atoms with Crippen LogP contribution in [0.3, 0.4) is 0 Å². The van der Waals surface area contributed by atoms with Gasteiger partial charge < -0.3 is 15.4 Å². The quantitative estimate of drug-likeness (QED) is 0.426. The molecule has 0 aliphatic heterocycles. The van der Waals surface area contributed by atoms with Gasteiger partial charge in [0.15, 0.2) is 11.6 Å². The minimum Gasteiger partial charge on any atom is -0.378 e. The van der Waals surface area contributed by atoms with Gasteiger partial charge >= 0.3 is 0 Å². The lowest BCUT2D eigenvalue weighted by atomic mass is 9.55. The number of hydrogen-bond donors (Lipinski definition) is 2. The molecule has 2 aromatic heterocycles. The summed E-state index contributed by atoms with van der Waals surface area (Å²) in [6.45, 7) is 3.77. The summed E-state index contributed by atoms with van der Waals surface area (Å²) in [5.74, 6) is 1.91. The fraction of sp³-hybridized carbons (Fsp3) is 0.682. The SMILES string of the molecule is CCOC1CC(NC(=NC)NCCCc2nnc3ccccn23)C12CCCCC2. The predicted octanol–water partition coefficient (Wildman–Crippen LogP) is 2.95. The van der Waals surface area contributed by atoms with Crippen molar-refractivity contribution in [3.8, 4) is 0 Å². The van der Waals surface area contributed by atoms with Gasteiger partial charge in [0.2, 0.25) is 0 Å². The van der Waals surface area contributed by atoms with Crippen LogP contribution >= 0.6 is 0 Å². The number of aromatic nitrogens is 3. The van der Waals surface area contributed by atoms with E-state index in [2.05, 4.69) is 37.1 Å². The normalized spacial score (nSPS) is 23.9. The number of aliphatic imine (C=N–C) groups is 1. The van der Waals surface area contributed by atoms with Gasteiger partial charge in [-0.2, -0.15) is 0 Å². The summed E-state index contributed by atoms with van der Waals surface area (Å²) in [6, 6.07) is 6.45. The molecule has 2 fully saturated rings. The maximum absolute atomic E-state index is 6.08. The van der Waals surface area contributed by atoms with E-state index in [1.54, 1.807) is 0 Å². The second-order valence-corrected chi connectivity index (χ2v) is 8.32. The zero-order valence-corrected chi connectivity index (χ0v) is 17.7. The Labute approximate surface area is 173 Å². The summed E-state index contributed by atoms with van der Waals surface area (Å²) in [5, 5.41) is 15.7. The molecule has 2 aromatic rings. The number of aryl methyl sites for hydroxylation is 1. The number of fused-ring (bicyclic) bond motifs is 1. The van der Waals surface area contributed by atoms with E-state index >= 15 is 0 Å². The molecule has 2 atom stereocenters. The molecule has 7 heteroatoms. The molecule has 1 spiro atoms. The lowest BCUT2D eigenvalue weighted by Crippen LogP contribution is -2.66. The van der Waals surface area contributed by atoms with E-state index in [1.165, 1.54) is 32.1 Å². The number of rotatable bonds is 7. The van der Waals surface area contributed by atoms with Gasteiger partial charge in [0.05, 0.1) is 6.10 Å². The Hall–Kier alpha value is -2.15. The molecule has 2 unspecified atom stereocenters. The predicted molar refractivity (Wildman–Crippen MR) is 115 cm³/mol. The molecule has 0 bridgehead atoms. The Balaban J connectivity index is 1.27. The first kappa shape index (κ1) is 20.1. The van der Waals surface area contributed by atoms with Crippen LogP contribution in [0.25, 0.3) is 5.65 Å². The third kappa shape index (κ3) is 4.10. The summed E-state index contributed by atoms with van der Waals surface area (Å²) < 4.78 is 8.13. The van der Waals surface area contributed by atoms with Crippen LogP contribution in [0.5, 0.6) is 0 Å². The highest BCUT2D eigenvalue weighted by atomic mass is 16.5. The molecule has 4 rings (SSSR count). The molecule has 7 nitrogen and oxygen atoms in total. The Bertz CT molecular complexity index is 826. The standard InChI is InChI=1S/C22H34N6O/c1-3-29-18-16-17(22(18)12-6-4-7-13-22)25-21(23-2)24-14-9-11-20-27-26-19-10-5-8-15-28(19)20/h5,8,10,15,17-18H,3-4,6-7,9,11-14,16H2,1-2H3,(H2,23,24,25). The summed E-state index contributed by atoms with van der Waals surface area (Å²) in [7, 11) is 1.85. The van der Waals surface area contributed by atoms with Gasteiger partial charge in [0.1, 0.15) is 5.82 Å². The molecule has 2 heterocycles. The molecule has 0 saturated heterocycles. The van der Waals surface area contributed by atoms with Crippen LogP contribution < -0.4 is 10.6 Å². The van der Waals surface area contributed by atoms with Crippen molar-refractivity contribution in [3.63, 3.8) is 0 Å². The van der Waals surface area contributed by atoms with Gasteiger partial charge in [-0.15, -0.1) is 10.2 Å². The van der Waals surface area contributed by atoms with Crippen LogP contribution in [0.2, 0.25) is 0 Å². The first-order valence-electron chi connectivity index (χ1n) is 11.1. The Morgan fingerprint density at radius 1 is 1.28 bits per heavy atom. The number of hydrogen-bond acceptors (Lipinski definition) is 4. The minimum atomic E-state index is 0.298. The van der Waals surface area contributed by atoms with Gasteiger partial charge in [-0.1, -0.05) is 25.3 Å². The number of ether oxygens (including phenoxy) is 1. The molecule has 158 valence electrons. The number of pyridine rings is 1. The molecule has 2 aliphatic rings. The van der Waals surface area contributed by atoms with Crippen molar-refractivity contribution in [3.05, 3.63) is 30.2 Å². The third-order valence-corrected chi connectivity index (χ3v) is 6.73. The second kappa shape index (κ2) is 9.11. The van der Waals surface area contributed by atoms with Gasteiger partial charge in [-0.25, -0.2) is 0 Å². The van der Waals surface area contributed by atoms with Crippen LogP contribution in [0.15, 0.2) is 29.4 Å². The number of guanidine groups is 1. The molecule has 0 amide bonds. The summed E-state index contributed by atoms with van der Waals surface area (Å²) in [5.41, 5.74) is 1.20. The Kier molecular flexibility index (Phi) is 6.33. The van der Waals surface area contributed by atoms with Gasteiger partial charge in [-0.3, -0.25) is 9.39 Å². The van der Waals surface area contributed by atoms with E-state index in [4.69, 9.17) is 4.74 Å². The second-order valence-electron chi connectivity index (χ2n) is 8.32. The van der Waals surface area contributed by atoms with E-state index < -0.39 is 0 Å². The monoisotopic (exact) mass is 398 g/mol. The maximum atomic E-state index is 6.08. The highest BCUT2D eigenvalue weighted by Crippen LogP contribution is 2.53. The molecule has 2 aliphatic carbocycles. The van der Waals surface area contributed by atoms with Gasteiger partial charge in [0, 0.05) is 44.3 Å². The molecular formula is C22H34N6O. The van der Waals surface area contributed by atoms with Crippen molar-refractivity contribution in [1.82, 2.24) is 25.2 Å². The van der Waals surface area contributed by atoms with Crippen LogP contribution in [0.4, 0.5) is 0 Å². The summed E-state index contributed by atoms with van der Waals surface area (Å²) in [6.07, 6.45) is 11.9. The van der Waals surface area contributed by atoms with Crippen LogP contribution in [-0.2, 0) is 11.2 Å². The summed E-state index contributed by atoms with van der Waals surface area (Å²) in [4.78, 5) is 4.46. The van der Waals surface area contributed by atoms with Crippen molar-refractivity contribution in [2.75, 3.05) is 20.2 Å². The third-order valence-electron chi connectivity index (χ3n) is 6.73. The van der Waals surface area contributed by atoms with E-state index in [0.717, 1.165) is 49.8 Å². The number of nitrogens with one attached hydrogen (secondary N) is 2. The average molecular weight is 399 g/mol. The minimum absolute atomic E-state index is 0.298. The first-order chi connectivity index (χ1) is 14.3. The topological polar surface area (TPSA) is 75.8 Å². The molecule has 0 aromatic carbocycles. The largest absolute Gasteiger partial charge is 0.378 e. The molecular weight excluding hydrogens is 364 g/mol. The fourth-order valence-corrected chi connectivity index (χ4v) is 5.14. The van der Waals surface area contributed by atoms with E-state index in [0.29, 0.717) is 17.6 Å². The van der Waals surface area contributed by atoms with Crippen molar-refractivity contribution < 1.29 is 4.74 Å². The van der Waals surface area contributed by atoms with E-state index in [-0.39, 0.29) is 0 Å². The smallest absolute Gasteiger partial charge is 0.191 e. The van der Waals surface area contributed by atoms with Gasteiger partial charge in [-0.05, 0) is 44.7 Å². The average Bonchev–Trinajstić information content (AvgIpc) is 3.18. The van der Waals surface area contributed by atoms with Crippen molar-refractivity contribution in [2.45, 2.75) is 70.4 Å². The van der Waals surface area contributed by atoms with Crippen molar-refractivity contribution in [2.24, 2.45) is 10.4 Å².